The summed E-state index contributed by atoms with van der Waals surface area (Å²) in [5.41, 5.74) is 0. The number of hydrogen-bond acceptors (Lipinski definition) is 4. The Morgan fingerprint density at radius 3 is 2.81 bits per heavy atom. The van der Waals surface area contributed by atoms with Gasteiger partial charge >= 0.3 is 13.6 Å². The summed E-state index contributed by atoms with van der Waals surface area (Å²) in [5.74, 6) is -0.0752. The minimum absolute atomic E-state index is 0.334. The van der Waals surface area contributed by atoms with Crippen molar-refractivity contribution in [1.29, 1.82) is 0 Å². The number of nitrogens with one attached hydrogen (secondary N) is 1. The summed E-state index contributed by atoms with van der Waals surface area (Å²) in [6.45, 7) is 1.90. The molecule has 8 heteroatoms. The van der Waals surface area contributed by atoms with Crippen molar-refractivity contribution in [2.75, 3.05) is 26.2 Å². The van der Waals surface area contributed by atoms with Crippen LogP contribution >= 0.6 is 7.60 Å². The third kappa shape index (κ3) is 4.87. The van der Waals surface area contributed by atoms with Gasteiger partial charge in [-0.05, 0) is 0 Å². The highest BCUT2D eigenvalue weighted by molar-refractivity contribution is 7.55. The number of carboxylic acid groups (broad SMARTS) is 1. The highest BCUT2D eigenvalue weighted by Gasteiger charge is 2.23. The minimum atomic E-state index is -4.11. The Bertz CT molecular complexity index is 326. The lowest BCUT2D eigenvalue weighted by Crippen LogP contribution is -2.54. The molecular weight excluding hydrogens is 235 g/mol. The Labute approximate surface area is 92.9 Å². The van der Waals surface area contributed by atoms with Gasteiger partial charge in [-0.25, -0.2) is 0 Å². The van der Waals surface area contributed by atoms with Gasteiger partial charge in [0, 0.05) is 32.0 Å². The molecule has 0 amide bonds. The fourth-order valence-electron chi connectivity index (χ4n) is 1.48. The molecule has 0 aromatic heterocycles. The van der Waals surface area contributed by atoms with Crippen LogP contribution in [0.25, 0.3) is 0 Å². The Hall–Kier alpha value is -0.720. The van der Waals surface area contributed by atoms with Gasteiger partial charge in [-0.1, -0.05) is 6.08 Å². The number of piperazine rings is 1. The zero-order chi connectivity index (χ0) is 12.2. The molecule has 0 spiro atoms. The molecule has 0 unspecified atom stereocenters. The summed E-state index contributed by atoms with van der Waals surface area (Å²) in [6, 6.07) is -0.614. The maximum absolute atomic E-state index is 10.7. The smallest absolute Gasteiger partial charge is 0.348 e. The molecule has 1 atom stereocenters. The average Bonchev–Trinajstić information content (AvgIpc) is 2.16. The highest BCUT2D eigenvalue weighted by Crippen LogP contribution is 2.35. The van der Waals surface area contributed by atoms with Crippen molar-refractivity contribution in [3.63, 3.8) is 0 Å². The molecule has 0 bridgehead atoms. The van der Waals surface area contributed by atoms with E-state index in [9.17, 15) is 9.36 Å². The average molecular weight is 250 g/mol. The summed E-state index contributed by atoms with van der Waals surface area (Å²) < 4.78 is 10.5. The molecule has 92 valence electrons. The molecule has 0 aliphatic carbocycles. The first-order valence-corrected chi connectivity index (χ1v) is 6.48. The second kappa shape index (κ2) is 5.56. The number of hydrogen-bond donors (Lipinski definition) is 4. The second-order valence-corrected chi connectivity index (χ2v) is 5.05. The third-order valence-corrected chi connectivity index (χ3v) is 2.82. The van der Waals surface area contributed by atoms with E-state index >= 15 is 0 Å². The molecule has 0 aromatic carbocycles. The van der Waals surface area contributed by atoms with E-state index in [1.165, 1.54) is 6.08 Å². The van der Waals surface area contributed by atoms with Crippen LogP contribution in [0.4, 0.5) is 0 Å². The first-order chi connectivity index (χ1) is 7.38. The molecule has 1 fully saturated rings. The SMILES string of the molecule is O=C(O)[C@H]1CN(C/C=C/P(=O)(O)O)CCN1. The molecule has 1 aliphatic heterocycles. The van der Waals surface area contributed by atoms with Crippen LogP contribution in [0.15, 0.2) is 11.9 Å². The number of carbonyl (C=O) groups is 1. The van der Waals surface area contributed by atoms with Crippen LogP contribution in [0.3, 0.4) is 0 Å². The van der Waals surface area contributed by atoms with Crippen molar-refractivity contribution in [2.45, 2.75) is 6.04 Å². The first-order valence-electron chi connectivity index (χ1n) is 4.80. The van der Waals surface area contributed by atoms with Gasteiger partial charge < -0.3 is 20.2 Å². The lowest BCUT2D eigenvalue weighted by Gasteiger charge is -2.30. The van der Waals surface area contributed by atoms with Crippen LogP contribution in [0.1, 0.15) is 0 Å². The van der Waals surface area contributed by atoms with Gasteiger partial charge in [0.15, 0.2) is 0 Å². The third-order valence-electron chi connectivity index (χ3n) is 2.22. The maximum atomic E-state index is 10.7. The number of carboxylic acids is 1. The fourth-order valence-corrected chi connectivity index (χ4v) is 1.84. The van der Waals surface area contributed by atoms with E-state index in [-0.39, 0.29) is 0 Å². The van der Waals surface area contributed by atoms with E-state index < -0.39 is 19.6 Å². The standard InChI is InChI=1S/C8H15N2O5P/c11-8(12)7-6-10(4-2-9-7)3-1-5-16(13,14)15/h1,5,7,9H,2-4,6H2,(H,11,12)(H2,13,14,15)/b5-1+/t7-/m1/s1. The quantitative estimate of drug-likeness (QED) is 0.475. The fraction of sp³-hybridized carbons (Fsp3) is 0.625. The van der Waals surface area contributed by atoms with Crippen molar-refractivity contribution in [2.24, 2.45) is 0 Å². The first kappa shape index (κ1) is 13.3. The van der Waals surface area contributed by atoms with Gasteiger partial charge in [-0.2, -0.15) is 0 Å². The number of rotatable bonds is 4. The summed E-state index contributed by atoms with van der Waals surface area (Å²) >= 11 is 0. The van der Waals surface area contributed by atoms with Gasteiger partial charge in [0.1, 0.15) is 6.04 Å². The van der Waals surface area contributed by atoms with Gasteiger partial charge in [0.05, 0.1) is 0 Å². The van der Waals surface area contributed by atoms with Crippen molar-refractivity contribution < 1.29 is 24.3 Å². The van der Waals surface area contributed by atoms with Crippen LogP contribution in [-0.4, -0.2) is 58.0 Å². The van der Waals surface area contributed by atoms with Gasteiger partial charge in [0.25, 0.3) is 0 Å². The Morgan fingerprint density at radius 2 is 2.25 bits per heavy atom. The Kier molecular flexibility index (Phi) is 4.64. The van der Waals surface area contributed by atoms with Crippen LogP contribution in [0.5, 0.6) is 0 Å². The minimum Gasteiger partial charge on any atom is -0.480 e. The normalized spacial score (nSPS) is 23.8. The van der Waals surface area contributed by atoms with Gasteiger partial charge in [0.2, 0.25) is 0 Å². The van der Waals surface area contributed by atoms with Crippen LogP contribution in [-0.2, 0) is 9.36 Å². The van der Waals surface area contributed by atoms with Crippen LogP contribution in [0.2, 0.25) is 0 Å². The largest absolute Gasteiger partial charge is 0.480 e. The zero-order valence-electron chi connectivity index (χ0n) is 8.61. The van der Waals surface area contributed by atoms with Crippen molar-refractivity contribution >= 4 is 13.6 Å². The molecule has 16 heavy (non-hydrogen) atoms. The van der Waals surface area contributed by atoms with Crippen LogP contribution in [0, 0.1) is 0 Å². The maximum Gasteiger partial charge on any atom is 0.348 e. The topological polar surface area (TPSA) is 110 Å². The van der Waals surface area contributed by atoms with E-state index in [0.29, 0.717) is 26.2 Å². The number of aliphatic carboxylic acids is 1. The summed E-state index contributed by atoms with van der Waals surface area (Å²) in [6.07, 6.45) is 1.37. The predicted molar refractivity (Wildman–Crippen MR) is 57.1 cm³/mol. The molecule has 0 saturated carbocycles. The zero-order valence-corrected chi connectivity index (χ0v) is 9.51. The molecular formula is C8H15N2O5P. The van der Waals surface area contributed by atoms with E-state index in [0.717, 1.165) is 5.82 Å². The molecule has 1 rings (SSSR count). The van der Waals surface area contributed by atoms with E-state index in [1.54, 1.807) is 0 Å². The summed E-state index contributed by atoms with van der Waals surface area (Å²) in [4.78, 5) is 29.7. The highest BCUT2D eigenvalue weighted by atomic mass is 31.2. The van der Waals surface area contributed by atoms with Crippen LogP contribution < -0.4 is 5.32 Å². The lowest BCUT2D eigenvalue weighted by atomic mass is 10.2. The Balaban J connectivity index is 2.41. The van der Waals surface area contributed by atoms with Crippen molar-refractivity contribution in [3.8, 4) is 0 Å². The number of nitrogens with zero attached hydrogens (tertiary/aromatic N) is 1. The summed E-state index contributed by atoms with van der Waals surface area (Å²) in [7, 11) is -4.11. The molecule has 4 N–H and O–H groups in total. The van der Waals surface area contributed by atoms with Gasteiger partial charge in [-0.3, -0.25) is 14.3 Å². The Morgan fingerprint density at radius 1 is 1.56 bits per heavy atom. The van der Waals surface area contributed by atoms with E-state index in [4.69, 9.17) is 14.9 Å². The molecule has 1 saturated heterocycles. The molecule has 0 aromatic rings. The molecule has 7 nitrogen and oxygen atoms in total. The predicted octanol–water partition coefficient (Wildman–Crippen LogP) is -0.964. The second-order valence-electron chi connectivity index (χ2n) is 3.58. The van der Waals surface area contributed by atoms with E-state index in [1.807, 2.05) is 4.90 Å². The van der Waals surface area contributed by atoms with E-state index in [2.05, 4.69) is 5.32 Å². The molecule has 0 radical (unpaired) electrons. The lowest BCUT2D eigenvalue weighted by molar-refractivity contribution is -0.140. The molecule has 1 aliphatic rings. The monoisotopic (exact) mass is 250 g/mol. The summed E-state index contributed by atoms with van der Waals surface area (Å²) in [5, 5.41) is 11.6. The van der Waals surface area contributed by atoms with Gasteiger partial charge in [-0.15, -0.1) is 0 Å². The molecule has 1 heterocycles. The van der Waals surface area contributed by atoms with Crippen molar-refractivity contribution in [1.82, 2.24) is 10.2 Å². The van der Waals surface area contributed by atoms with Crippen molar-refractivity contribution in [3.05, 3.63) is 11.9 Å².